The Balaban J connectivity index is 3.25. The molecule has 0 heterocycles. The minimum absolute atomic E-state index is 0.0862. The van der Waals surface area contributed by atoms with Crippen molar-refractivity contribution in [1.82, 2.24) is 4.31 Å². The molecule has 1 rings (SSSR count). The van der Waals surface area contributed by atoms with Crippen LogP contribution in [0.15, 0.2) is 23.1 Å². The highest BCUT2D eigenvalue weighted by atomic mass is 32.2. The predicted octanol–water partition coefficient (Wildman–Crippen LogP) is 2.13. The van der Waals surface area contributed by atoms with Crippen LogP contribution in [-0.4, -0.2) is 39.0 Å². The fourth-order valence-electron chi connectivity index (χ4n) is 1.85. The maximum Gasteiger partial charge on any atom is 0.243 e. The van der Waals surface area contributed by atoms with E-state index in [2.05, 4.69) is 0 Å². The second-order valence-corrected chi connectivity index (χ2v) is 6.51. The third kappa shape index (κ3) is 4.00. The summed E-state index contributed by atoms with van der Waals surface area (Å²) in [5.74, 6) is -0.733. The van der Waals surface area contributed by atoms with Gasteiger partial charge in [0.2, 0.25) is 10.0 Å². The van der Waals surface area contributed by atoms with Gasteiger partial charge in [0.15, 0.2) is 0 Å². The first kappa shape index (κ1) is 17.6. The largest absolute Gasteiger partial charge is 0.383 e. The third-order valence-corrected chi connectivity index (χ3v) is 5.27. The van der Waals surface area contributed by atoms with E-state index in [1.165, 1.54) is 17.5 Å². The second kappa shape index (κ2) is 7.50. The number of benzene rings is 1. The number of sulfonamides is 1. The van der Waals surface area contributed by atoms with Crippen LogP contribution in [0.1, 0.15) is 25.8 Å². The van der Waals surface area contributed by atoms with Gasteiger partial charge in [-0.25, -0.2) is 12.8 Å². The lowest BCUT2D eigenvalue weighted by Crippen LogP contribution is -2.40. The Labute approximate surface area is 125 Å². The maximum atomic E-state index is 13.3. The van der Waals surface area contributed by atoms with Gasteiger partial charge in [0.05, 0.1) is 17.1 Å². The van der Waals surface area contributed by atoms with Crippen LogP contribution in [0.3, 0.4) is 0 Å². The molecule has 1 unspecified atom stereocenters. The summed E-state index contributed by atoms with van der Waals surface area (Å²) in [6, 6.07) is 4.66. The van der Waals surface area contributed by atoms with Crippen molar-refractivity contribution in [3.63, 3.8) is 0 Å². The summed E-state index contributed by atoms with van der Waals surface area (Å²) in [7, 11) is -2.31. The molecule has 0 aliphatic rings. The summed E-state index contributed by atoms with van der Waals surface area (Å²) in [5.41, 5.74) is -0.285. The van der Waals surface area contributed by atoms with Gasteiger partial charge in [-0.3, -0.25) is 0 Å². The summed E-state index contributed by atoms with van der Waals surface area (Å²) in [4.78, 5) is -0.0862. The lowest BCUT2D eigenvalue weighted by Gasteiger charge is -2.27. The number of rotatable bonds is 7. The lowest BCUT2D eigenvalue weighted by molar-refractivity contribution is 0.167. The van der Waals surface area contributed by atoms with Gasteiger partial charge in [0.25, 0.3) is 0 Å². The summed E-state index contributed by atoms with van der Waals surface area (Å²) < 4.78 is 44.9. The molecule has 0 aliphatic heterocycles. The topological polar surface area (TPSA) is 70.4 Å². The van der Waals surface area contributed by atoms with Crippen LogP contribution in [-0.2, 0) is 14.8 Å². The monoisotopic (exact) mass is 314 g/mol. The molecule has 1 aromatic rings. The molecule has 116 valence electrons. The van der Waals surface area contributed by atoms with Crippen molar-refractivity contribution < 1.29 is 17.5 Å². The Morgan fingerprint density at radius 2 is 2.14 bits per heavy atom. The summed E-state index contributed by atoms with van der Waals surface area (Å²) >= 11 is 0. The number of hydrogen-bond acceptors (Lipinski definition) is 4. The number of ether oxygens (including phenoxy) is 1. The van der Waals surface area contributed by atoms with E-state index in [0.29, 0.717) is 6.42 Å². The van der Waals surface area contributed by atoms with Gasteiger partial charge in [-0.1, -0.05) is 6.92 Å². The van der Waals surface area contributed by atoms with Crippen molar-refractivity contribution in [1.29, 1.82) is 5.26 Å². The predicted molar refractivity (Wildman–Crippen MR) is 76.6 cm³/mol. The van der Waals surface area contributed by atoms with Crippen molar-refractivity contribution in [2.45, 2.75) is 31.2 Å². The maximum absolute atomic E-state index is 13.3. The molecule has 0 saturated carbocycles. The zero-order valence-corrected chi connectivity index (χ0v) is 13.2. The normalized spacial score (nSPS) is 13.1. The van der Waals surface area contributed by atoms with E-state index in [4.69, 9.17) is 10.00 Å². The molecule has 0 aromatic heterocycles. The second-order valence-electron chi connectivity index (χ2n) is 4.62. The van der Waals surface area contributed by atoms with Crippen molar-refractivity contribution in [2.75, 3.05) is 20.3 Å². The number of hydrogen-bond donors (Lipinski definition) is 0. The lowest BCUT2D eigenvalue weighted by atomic mass is 10.2. The number of halogens is 1. The van der Waals surface area contributed by atoms with Crippen LogP contribution in [0.4, 0.5) is 4.39 Å². The van der Waals surface area contributed by atoms with E-state index in [0.717, 1.165) is 12.1 Å². The Bertz CT molecular complexity index is 626. The summed E-state index contributed by atoms with van der Waals surface area (Å²) in [5, 5.41) is 8.83. The molecular weight excluding hydrogens is 295 g/mol. The number of methoxy groups -OCH3 is 1. The van der Waals surface area contributed by atoms with Crippen molar-refractivity contribution >= 4 is 10.0 Å². The van der Waals surface area contributed by atoms with Gasteiger partial charge < -0.3 is 4.74 Å². The smallest absolute Gasteiger partial charge is 0.243 e. The van der Waals surface area contributed by atoms with Crippen LogP contribution in [0.2, 0.25) is 0 Å². The van der Waals surface area contributed by atoms with Gasteiger partial charge in [-0.05, 0) is 31.5 Å². The Morgan fingerprint density at radius 3 is 2.67 bits per heavy atom. The van der Waals surface area contributed by atoms with E-state index in [-0.39, 0.29) is 29.7 Å². The van der Waals surface area contributed by atoms with Gasteiger partial charge >= 0.3 is 0 Å². The molecule has 0 aliphatic carbocycles. The average molecular weight is 314 g/mol. The fraction of sp³-hybridized carbons (Fsp3) is 0.500. The highest BCUT2D eigenvalue weighted by Gasteiger charge is 2.28. The molecule has 1 aromatic carbocycles. The standard InChI is InChI=1S/C14H19FN2O3S/c1-4-11(2)17(7-8-20-3)21(18,19)13-5-6-14(15)12(9-13)10-16/h5-6,9,11H,4,7-8H2,1-3H3. The van der Waals surface area contributed by atoms with Gasteiger partial charge in [-0.15, -0.1) is 0 Å². The molecule has 21 heavy (non-hydrogen) atoms. The molecule has 0 bridgehead atoms. The van der Waals surface area contributed by atoms with Gasteiger partial charge in [0, 0.05) is 19.7 Å². The fourth-order valence-corrected chi connectivity index (χ4v) is 3.56. The van der Waals surface area contributed by atoms with Crippen LogP contribution >= 0.6 is 0 Å². The molecule has 0 fully saturated rings. The number of nitrogens with zero attached hydrogens (tertiary/aromatic N) is 2. The van der Waals surface area contributed by atoms with Crippen LogP contribution in [0.5, 0.6) is 0 Å². The quantitative estimate of drug-likeness (QED) is 0.773. The molecule has 0 spiro atoms. The van der Waals surface area contributed by atoms with Crippen LogP contribution < -0.4 is 0 Å². The van der Waals surface area contributed by atoms with Gasteiger partial charge in [0.1, 0.15) is 11.9 Å². The van der Waals surface area contributed by atoms with E-state index < -0.39 is 15.8 Å². The van der Waals surface area contributed by atoms with Crippen LogP contribution in [0, 0.1) is 17.1 Å². The first-order valence-electron chi connectivity index (χ1n) is 6.58. The minimum Gasteiger partial charge on any atom is -0.383 e. The zero-order valence-electron chi connectivity index (χ0n) is 12.3. The molecule has 1 atom stereocenters. The van der Waals surface area contributed by atoms with Crippen molar-refractivity contribution in [3.05, 3.63) is 29.6 Å². The molecule has 0 saturated heterocycles. The highest BCUT2D eigenvalue weighted by molar-refractivity contribution is 7.89. The Hall–Kier alpha value is -1.49. The zero-order chi connectivity index (χ0) is 16.0. The number of nitriles is 1. The first-order chi connectivity index (χ1) is 9.88. The molecule has 0 radical (unpaired) electrons. The highest BCUT2D eigenvalue weighted by Crippen LogP contribution is 2.21. The first-order valence-corrected chi connectivity index (χ1v) is 8.02. The van der Waals surface area contributed by atoms with E-state index in [9.17, 15) is 12.8 Å². The molecule has 7 heteroatoms. The van der Waals surface area contributed by atoms with Crippen LogP contribution in [0.25, 0.3) is 0 Å². The van der Waals surface area contributed by atoms with E-state index in [1.54, 1.807) is 13.0 Å². The molecular formula is C14H19FN2O3S. The molecule has 0 N–H and O–H groups in total. The third-order valence-electron chi connectivity index (χ3n) is 3.26. The average Bonchev–Trinajstić information content (AvgIpc) is 2.47. The summed E-state index contributed by atoms with van der Waals surface area (Å²) in [6.07, 6.45) is 0.634. The van der Waals surface area contributed by atoms with Gasteiger partial charge in [-0.2, -0.15) is 9.57 Å². The van der Waals surface area contributed by atoms with Crippen molar-refractivity contribution in [2.24, 2.45) is 0 Å². The minimum atomic E-state index is -3.80. The van der Waals surface area contributed by atoms with E-state index >= 15 is 0 Å². The summed E-state index contributed by atoms with van der Waals surface area (Å²) in [6.45, 7) is 4.14. The van der Waals surface area contributed by atoms with Crippen molar-refractivity contribution in [3.8, 4) is 6.07 Å². The van der Waals surface area contributed by atoms with E-state index in [1.807, 2.05) is 6.92 Å². The Morgan fingerprint density at radius 1 is 1.48 bits per heavy atom. The molecule has 0 amide bonds. The SMILES string of the molecule is CCC(C)N(CCOC)S(=O)(=O)c1ccc(F)c(C#N)c1. The molecule has 5 nitrogen and oxygen atoms in total. The Kier molecular flexibility index (Phi) is 6.27.